The van der Waals surface area contributed by atoms with Crippen molar-refractivity contribution in [2.45, 2.75) is 53.5 Å². The lowest BCUT2D eigenvalue weighted by Crippen LogP contribution is -2.15. The van der Waals surface area contributed by atoms with Crippen LogP contribution in [0.1, 0.15) is 51.3 Å². The molecule has 0 spiro atoms. The van der Waals surface area contributed by atoms with Crippen molar-refractivity contribution in [3.05, 3.63) is 23.4 Å². The molecule has 1 aromatic rings. The molecule has 0 radical (unpaired) electrons. The van der Waals surface area contributed by atoms with Crippen LogP contribution in [0.5, 0.6) is 5.88 Å². The van der Waals surface area contributed by atoms with Gasteiger partial charge in [-0.05, 0) is 37.8 Å². The van der Waals surface area contributed by atoms with Crippen LogP contribution in [-0.2, 0) is 6.54 Å². The lowest BCUT2D eigenvalue weighted by molar-refractivity contribution is 0.242. The first-order valence-electron chi connectivity index (χ1n) is 7.47. The SMILES string of the molecule is CCCNCc1ccc(OCC(C)CCC)nc1C. The number of nitrogens with zero attached hydrogens (tertiary/aromatic N) is 1. The normalized spacial score (nSPS) is 12.4. The molecule has 19 heavy (non-hydrogen) atoms. The van der Waals surface area contributed by atoms with Crippen LogP contribution >= 0.6 is 0 Å². The zero-order valence-corrected chi connectivity index (χ0v) is 12.8. The minimum Gasteiger partial charge on any atom is -0.477 e. The Morgan fingerprint density at radius 1 is 1.26 bits per heavy atom. The van der Waals surface area contributed by atoms with Crippen LogP contribution in [0, 0.1) is 12.8 Å². The van der Waals surface area contributed by atoms with Crippen molar-refractivity contribution >= 4 is 0 Å². The minimum absolute atomic E-state index is 0.595. The fraction of sp³-hybridized carbons (Fsp3) is 0.688. The van der Waals surface area contributed by atoms with Crippen LogP contribution in [0.2, 0.25) is 0 Å². The molecule has 0 aliphatic rings. The number of hydrogen-bond acceptors (Lipinski definition) is 3. The standard InChI is InChI=1S/C16H28N2O/c1-5-7-13(3)12-19-16-9-8-15(14(4)18-16)11-17-10-6-2/h8-9,13,17H,5-7,10-12H2,1-4H3. The highest BCUT2D eigenvalue weighted by Gasteiger charge is 2.05. The van der Waals surface area contributed by atoms with E-state index in [-0.39, 0.29) is 0 Å². The molecule has 1 heterocycles. The first-order chi connectivity index (χ1) is 9.17. The number of hydrogen-bond donors (Lipinski definition) is 1. The molecule has 1 aromatic heterocycles. The summed E-state index contributed by atoms with van der Waals surface area (Å²) >= 11 is 0. The summed E-state index contributed by atoms with van der Waals surface area (Å²) < 4.78 is 5.75. The third-order valence-electron chi connectivity index (χ3n) is 3.21. The topological polar surface area (TPSA) is 34.1 Å². The van der Waals surface area contributed by atoms with E-state index in [4.69, 9.17) is 4.74 Å². The van der Waals surface area contributed by atoms with Gasteiger partial charge in [-0.1, -0.05) is 33.3 Å². The summed E-state index contributed by atoms with van der Waals surface area (Å²) in [6, 6.07) is 4.10. The van der Waals surface area contributed by atoms with Crippen LogP contribution in [0.4, 0.5) is 0 Å². The number of rotatable bonds is 9. The lowest BCUT2D eigenvalue weighted by atomic mass is 10.1. The van der Waals surface area contributed by atoms with E-state index in [9.17, 15) is 0 Å². The van der Waals surface area contributed by atoms with Crippen LogP contribution in [0.3, 0.4) is 0 Å². The molecular formula is C16H28N2O. The molecule has 0 aliphatic heterocycles. The van der Waals surface area contributed by atoms with E-state index in [0.29, 0.717) is 5.92 Å². The summed E-state index contributed by atoms with van der Waals surface area (Å²) in [6.07, 6.45) is 3.57. The number of aromatic nitrogens is 1. The smallest absolute Gasteiger partial charge is 0.213 e. The second-order valence-electron chi connectivity index (χ2n) is 5.28. The van der Waals surface area contributed by atoms with Gasteiger partial charge in [0.25, 0.3) is 0 Å². The third-order valence-corrected chi connectivity index (χ3v) is 3.21. The van der Waals surface area contributed by atoms with Gasteiger partial charge < -0.3 is 10.1 Å². The Bertz CT molecular complexity index is 366. The van der Waals surface area contributed by atoms with E-state index >= 15 is 0 Å². The van der Waals surface area contributed by atoms with E-state index in [2.05, 4.69) is 37.1 Å². The van der Waals surface area contributed by atoms with Crippen LogP contribution < -0.4 is 10.1 Å². The van der Waals surface area contributed by atoms with Gasteiger partial charge in [-0.25, -0.2) is 4.98 Å². The average Bonchev–Trinajstić information content (AvgIpc) is 2.39. The van der Waals surface area contributed by atoms with Gasteiger partial charge >= 0.3 is 0 Å². The van der Waals surface area contributed by atoms with Crippen LogP contribution in [-0.4, -0.2) is 18.1 Å². The first-order valence-corrected chi connectivity index (χ1v) is 7.47. The molecule has 3 nitrogen and oxygen atoms in total. The molecule has 108 valence electrons. The van der Waals surface area contributed by atoms with Gasteiger partial charge in [-0.15, -0.1) is 0 Å². The van der Waals surface area contributed by atoms with E-state index in [1.807, 2.05) is 13.0 Å². The van der Waals surface area contributed by atoms with E-state index < -0.39 is 0 Å². The summed E-state index contributed by atoms with van der Waals surface area (Å²) in [4.78, 5) is 4.52. The zero-order chi connectivity index (χ0) is 14.1. The molecule has 1 N–H and O–H groups in total. The Morgan fingerprint density at radius 2 is 2.05 bits per heavy atom. The minimum atomic E-state index is 0.595. The Hall–Kier alpha value is -1.09. The molecule has 0 amide bonds. The molecule has 0 saturated heterocycles. The van der Waals surface area contributed by atoms with Crippen LogP contribution in [0.15, 0.2) is 12.1 Å². The van der Waals surface area contributed by atoms with Crippen molar-refractivity contribution in [2.24, 2.45) is 5.92 Å². The highest BCUT2D eigenvalue weighted by molar-refractivity contribution is 5.24. The van der Waals surface area contributed by atoms with E-state index in [0.717, 1.165) is 37.7 Å². The predicted octanol–water partition coefficient (Wildman–Crippen LogP) is 3.70. The first kappa shape index (κ1) is 16.0. The quantitative estimate of drug-likeness (QED) is 0.690. The molecule has 3 heteroatoms. The van der Waals surface area contributed by atoms with Crippen molar-refractivity contribution in [1.29, 1.82) is 0 Å². The molecular weight excluding hydrogens is 236 g/mol. The fourth-order valence-corrected chi connectivity index (χ4v) is 2.04. The van der Waals surface area contributed by atoms with Gasteiger partial charge in [0.2, 0.25) is 5.88 Å². The lowest BCUT2D eigenvalue weighted by Gasteiger charge is -2.13. The molecule has 0 fully saturated rings. The highest BCUT2D eigenvalue weighted by atomic mass is 16.5. The third kappa shape index (κ3) is 6.06. The molecule has 1 atom stereocenters. The Kier molecular flexibility index (Phi) is 7.49. The average molecular weight is 264 g/mol. The molecule has 0 aliphatic carbocycles. The van der Waals surface area contributed by atoms with E-state index in [1.54, 1.807) is 0 Å². The van der Waals surface area contributed by atoms with Gasteiger partial charge in [0.15, 0.2) is 0 Å². The van der Waals surface area contributed by atoms with Crippen molar-refractivity contribution in [2.75, 3.05) is 13.2 Å². The van der Waals surface area contributed by atoms with Crippen molar-refractivity contribution in [3.63, 3.8) is 0 Å². The summed E-state index contributed by atoms with van der Waals surface area (Å²) in [5, 5.41) is 3.40. The molecule has 1 rings (SSSR count). The van der Waals surface area contributed by atoms with Crippen molar-refractivity contribution in [3.8, 4) is 5.88 Å². The van der Waals surface area contributed by atoms with Gasteiger partial charge in [0.05, 0.1) is 6.61 Å². The number of aryl methyl sites for hydroxylation is 1. The zero-order valence-electron chi connectivity index (χ0n) is 12.8. The predicted molar refractivity (Wildman–Crippen MR) is 80.5 cm³/mol. The van der Waals surface area contributed by atoms with E-state index in [1.165, 1.54) is 18.4 Å². The van der Waals surface area contributed by atoms with Crippen molar-refractivity contribution < 1.29 is 4.74 Å². The van der Waals surface area contributed by atoms with Crippen molar-refractivity contribution in [1.82, 2.24) is 10.3 Å². The summed E-state index contributed by atoms with van der Waals surface area (Å²) in [6.45, 7) is 11.3. The maximum atomic E-state index is 5.75. The highest BCUT2D eigenvalue weighted by Crippen LogP contribution is 2.14. The second kappa shape index (κ2) is 8.92. The fourth-order valence-electron chi connectivity index (χ4n) is 2.04. The molecule has 0 bridgehead atoms. The maximum Gasteiger partial charge on any atom is 0.213 e. The Morgan fingerprint density at radius 3 is 2.68 bits per heavy atom. The number of nitrogens with one attached hydrogen (secondary N) is 1. The summed E-state index contributed by atoms with van der Waals surface area (Å²) in [5.74, 6) is 1.35. The number of ether oxygens (including phenoxy) is 1. The van der Waals surface area contributed by atoms with Gasteiger partial charge in [-0.3, -0.25) is 0 Å². The second-order valence-corrected chi connectivity index (χ2v) is 5.28. The van der Waals surface area contributed by atoms with Crippen LogP contribution in [0.25, 0.3) is 0 Å². The summed E-state index contributed by atoms with van der Waals surface area (Å²) in [5.41, 5.74) is 2.31. The number of pyridine rings is 1. The largest absolute Gasteiger partial charge is 0.477 e. The monoisotopic (exact) mass is 264 g/mol. The molecule has 0 aromatic carbocycles. The molecule has 0 saturated carbocycles. The van der Waals surface area contributed by atoms with Gasteiger partial charge in [0.1, 0.15) is 0 Å². The van der Waals surface area contributed by atoms with Gasteiger partial charge in [0, 0.05) is 18.3 Å². The Balaban J connectivity index is 2.46. The molecule has 1 unspecified atom stereocenters. The van der Waals surface area contributed by atoms with Gasteiger partial charge in [-0.2, -0.15) is 0 Å². The summed E-state index contributed by atoms with van der Waals surface area (Å²) in [7, 11) is 0. The maximum absolute atomic E-state index is 5.75. The Labute approximate surface area is 117 Å².